The summed E-state index contributed by atoms with van der Waals surface area (Å²) in [5.74, 6) is -8.81. The lowest BCUT2D eigenvalue weighted by molar-refractivity contribution is 0.338. The second-order valence-corrected chi connectivity index (χ2v) is 59.1. The van der Waals surface area contributed by atoms with E-state index in [0.29, 0.717) is 27.7 Å². The molecule has 0 amide bonds. The number of rotatable bonds is 17. The van der Waals surface area contributed by atoms with Gasteiger partial charge in [0.15, 0.2) is 0 Å². The lowest BCUT2D eigenvalue weighted by atomic mass is 9.83. The van der Waals surface area contributed by atoms with Crippen molar-refractivity contribution in [1.29, 1.82) is 0 Å². The summed E-state index contributed by atoms with van der Waals surface area (Å²) >= 11 is 0. The minimum atomic E-state index is -3.42. The maximum Gasteiger partial charge on any atom is 0.0496 e. The molecule has 9 rings (SSSR count). The highest BCUT2D eigenvalue weighted by Gasteiger charge is 2.23. The van der Waals surface area contributed by atoms with Crippen molar-refractivity contribution in [3.8, 4) is 0 Å². The monoisotopic (exact) mass is 1970 g/mol. The zero-order valence-electron chi connectivity index (χ0n) is 139. The molecule has 0 heterocycles. The van der Waals surface area contributed by atoms with Gasteiger partial charge in [-0.3, -0.25) is 0 Å². The standard InChI is InChI=1S/C16H26.C15H24.C14H20.3C14H22.C13H20.C12H18.C7H18Si.C7H16.C6H14.C4H12Si/c1-10(2)14-8-15(11(3)4)13(7)16(9-14)12(5)6;1-10-8-14(9-15(5,6)7)13(4)12(3)11(10)2;1-11-8-9-14(10-12(11)2)13-6-4-3-5-7-13;1-10-7-13(9-14(4,5)6)8-11(2)12(10)3;1-10-7-12(3)13(8-11(10)2)9-14(4,5)6;1-10-7-8-13(9-14(4,5)6)12(3)11(10)2;1-10-6-7-12(8-11(10)2)9-13(3,4)5;1-10-5-7-11(8-6-10)9-12(2,3)4;1-5-8(4,6-2)7-3;1-5-7(3,4)6-2;1-4-6(3)5-2;1-5(2,3)4/h8-12H,1-7H3;8H,9H2,1-7H3;8-10,13H,3-7H2,1-2H3;3*7-8H,9H2,1-6H3;6-8H,9H2,1-5H3;5-8H,9H2,1-4H3;5-7H2,1-4H3;5-6H2,1-4H3;6H,4-5H2,1-3H3;1-4H3/i1D3,2D3,3D3,5D3,10D,11D,12D;4D3,9D2;2D3,13D;9D2;2*3D3,9D2;2*9D2;;;6D;. The van der Waals surface area contributed by atoms with E-state index >= 15 is 0 Å². The Labute approximate surface area is 925 Å². The van der Waals surface area contributed by atoms with Gasteiger partial charge in [-0.2, -0.15) is 0 Å². The molecule has 0 aliphatic heterocycles. The van der Waals surface area contributed by atoms with Crippen LogP contribution in [-0.2, 0) is 38.2 Å². The fourth-order valence-electron chi connectivity index (χ4n) is 13.1. The quantitative estimate of drug-likeness (QED) is 0.0797. The maximum absolute atomic E-state index is 8.55. The molecule has 786 valence electrons. The minimum absolute atomic E-state index is 0.0653. The van der Waals surface area contributed by atoms with Gasteiger partial charge in [-0.25, -0.2) is 0 Å². The van der Waals surface area contributed by atoms with Crippen LogP contribution in [0, 0.1) is 175 Å². The van der Waals surface area contributed by atoms with Crippen LogP contribution in [-0.4, -0.2) is 16.1 Å². The molecule has 1 fully saturated rings. The zero-order chi connectivity index (χ0) is 144. The van der Waals surface area contributed by atoms with Gasteiger partial charge in [0.05, 0.1) is 0 Å². The van der Waals surface area contributed by atoms with Crippen LogP contribution in [0.4, 0.5) is 0 Å². The summed E-state index contributed by atoms with van der Waals surface area (Å²) < 4.78 is 325. The Kier molecular flexibility index (Phi) is 36.1. The Morgan fingerprint density at radius 2 is 0.674 bits per heavy atom. The third-order valence-corrected chi connectivity index (χ3v) is 29.5. The first-order valence-electron chi connectivity index (χ1n) is 71.6. The van der Waals surface area contributed by atoms with Gasteiger partial charge in [0, 0.05) is 72.3 Å². The molecule has 1 saturated carbocycles. The molecule has 8 aromatic carbocycles. The zero-order valence-corrected chi connectivity index (χ0v) is 100.0. The van der Waals surface area contributed by atoms with Crippen LogP contribution in [0.2, 0.25) is 50.9 Å². The van der Waals surface area contributed by atoms with Crippen LogP contribution in [0.25, 0.3) is 0 Å². The van der Waals surface area contributed by atoms with Gasteiger partial charge in [0.2, 0.25) is 0 Å². The first-order valence-corrected chi connectivity index (χ1v) is 58.3. The van der Waals surface area contributed by atoms with Gasteiger partial charge in [0.1, 0.15) is 0 Å². The van der Waals surface area contributed by atoms with E-state index in [0.717, 1.165) is 126 Å². The molecule has 0 aromatic heterocycles. The first kappa shape index (κ1) is 78.6. The Hall–Kier alpha value is -5.81. The largest absolute Gasteiger partial charge is 0.0697 e. The molecule has 0 nitrogen and oxygen atoms in total. The van der Waals surface area contributed by atoms with Gasteiger partial charge in [0.25, 0.3) is 0 Å². The molecule has 8 aromatic rings. The molecular formula is C136H234Si2. The van der Waals surface area contributed by atoms with Crippen molar-refractivity contribution in [2.45, 2.75) is 537 Å². The third kappa shape index (κ3) is 61.4. The van der Waals surface area contributed by atoms with E-state index in [1.807, 2.05) is 212 Å². The van der Waals surface area contributed by atoms with Gasteiger partial charge in [-0.15, -0.1) is 0 Å². The maximum atomic E-state index is 8.55. The van der Waals surface area contributed by atoms with Crippen molar-refractivity contribution in [1.82, 2.24) is 0 Å². The number of hydrogen-bond donors (Lipinski definition) is 0. The van der Waals surface area contributed by atoms with Crippen LogP contribution in [0.5, 0.6) is 0 Å². The SMILES string of the molecule is CCC(C)(C)CC.CC[Si](C)(CC)CC.C[Si](C)(C)C.[2H]C(C)(CC)CC.[2H]C([2H])([2H])C([2H])(C)c1cc(C([2H])(C([2H])([2H])[2H])C([2H])([2H])[2H])cc(C([2H])(C)C([2H])([2H])[2H])c1C.[2H]C([2H])([2H])c1c(C([2H])([2H])C(C)(C)C)cc(C)c(C)c1C.[2H]C([2H])([2H])c1c(C([2H])([2H])C(C)(C)C)ccc(C)c1C.[2H]C([2H])([2H])c1cc(C)c(C)cc1C([2H])([2H])C(C)(C)C.[2H]C([2H])([2H])c1cc(C2([2H])CCCCC2)ccc1C.[2H]C([2H])(c1cc(C)c(C)c(C)c1)C(C)(C)C.[2H]C([2H])(c1ccc(C)c(C)c1)C(C)(C)C.[2H]C([2H])(c1ccc(C)cc1)C(C)(C)C. The third-order valence-electron chi connectivity index (χ3n) is 24.4. The normalized spacial score (nSPS) is 19.4. The summed E-state index contributed by atoms with van der Waals surface area (Å²) in [5.41, 5.74) is 14.6. The van der Waals surface area contributed by atoms with E-state index in [1.165, 1.54) is 72.1 Å². The van der Waals surface area contributed by atoms with Gasteiger partial charge in [-0.05, 0) is 405 Å². The van der Waals surface area contributed by atoms with E-state index in [9.17, 15) is 0 Å². The fourth-order valence-corrected chi connectivity index (χ4v) is 14.6. The topological polar surface area (TPSA) is 0 Å². The Balaban J connectivity index is -0.00000193. The summed E-state index contributed by atoms with van der Waals surface area (Å²) in [6.07, 6.45) is 0.569. The van der Waals surface area contributed by atoms with E-state index in [-0.39, 0.29) is 66.6 Å². The van der Waals surface area contributed by atoms with Gasteiger partial charge >= 0.3 is 0 Å². The average Bonchev–Trinajstić information content (AvgIpc) is 0.713. The molecule has 1 aliphatic rings. The van der Waals surface area contributed by atoms with Gasteiger partial charge in [-0.1, -0.05) is 452 Å². The van der Waals surface area contributed by atoms with Crippen LogP contribution in [0.15, 0.2) is 115 Å². The summed E-state index contributed by atoms with van der Waals surface area (Å²) in [7, 11) is -1.28. The molecule has 0 radical (unpaired) electrons. The van der Waals surface area contributed by atoms with Crippen molar-refractivity contribution in [2.75, 3.05) is 0 Å². The van der Waals surface area contributed by atoms with Crippen LogP contribution >= 0.6 is 0 Å². The lowest BCUT2D eigenvalue weighted by Crippen LogP contribution is -2.25. The Morgan fingerprint density at radius 1 is 0.319 bits per heavy atom. The number of hydrogen-bond acceptors (Lipinski definition) is 0. The predicted octanol–water partition coefficient (Wildman–Crippen LogP) is 44.7. The highest BCUT2D eigenvalue weighted by Crippen LogP contribution is 2.37. The molecule has 0 saturated heterocycles. The van der Waals surface area contributed by atoms with Crippen LogP contribution < -0.4 is 0 Å². The minimum Gasteiger partial charge on any atom is -0.0697 e. The second kappa shape index (κ2) is 63.5. The Morgan fingerprint density at radius 3 is 1.06 bits per heavy atom. The molecular weight excluding hydrogens is 1690 g/mol. The van der Waals surface area contributed by atoms with Crippen LogP contribution in [0.1, 0.15) is 534 Å². The van der Waals surface area contributed by atoms with E-state index in [1.54, 1.807) is 113 Å². The van der Waals surface area contributed by atoms with Crippen molar-refractivity contribution < 1.29 is 56.2 Å². The first-order chi connectivity index (χ1) is 78.8. The summed E-state index contributed by atoms with van der Waals surface area (Å²) in [4.78, 5) is 0. The number of aryl methyl sites for hydroxylation is 12. The smallest absolute Gasteiger partial charge is 0.0496 e. The van der Waals surface area contributed by atoms with E-state index in [4.69, 9.17) is 56.2 Å². The molecule has 2 unspecified atom stereocenters. The molecule has 2 atom stereocenters. The van der Waals surface area contributed by atoms with E-state index in [2.05, 4.69) is 102 Å². The van der Waals surface area contributed by atoms with Crippen molar-refractivity contribution >= 4 is 16.1 Å². The molecule has 1 aliphatic carbocycles. The molecule has 2 heteroatoms. The second-order valence-electron chi connectivity index (χ2n) is 47.4. The predicted molar refractivity (Wildman–Crippen MR) is 645 cm³/mol. The Bertz CT molecular complexity index is 6410. The number of benzene rings is 8. The molecule has 0 bridgehead atoms. The van der Waals surface area contributed by atoms with Crippen molar-refractivity contribution in [3.05, 3.63) is 277 Å². The fraction of sp³-hybridized carbons (Fsp3) is 0.647. The molecule has 0 N–H and O–H groups in total. The average molecular weight is 1970 g/mol. The van der Waals surface area contributed by atoms with Crippen molar-refractivity contribution in [2.24, 2.45) is 43.8 Å². The van der Waals surface area contributed by atoms with E-state index < -0.39 is 155 Å². The highest BCUT2D eigenvalue weighted by molar-refractivity contribution is 6.78. The summed E-state index contributed by atoms with van der Waals surface area (Å²) in [5, 5.41) is 0. The molecule has 138 heavy (non-hydrogen) atoms. The van der Waals surface area contributed by atoms with Crippen molar-refractivity contribution in [3.63, 3.8) is 0 Å². The highest BCUT2D eigenvalue weighted by atomic mass is 28.3. The molecule has 0 spiro atoms. The summed E-state index contributed by atoms with van der Waals surface area (Å²) in [6.45, 7) is 75.9. The van der Waals surface area contributed by atoms with Gasteiger partial charge < -0.3 is 0 Å². The lowest BCUT2D eigenvalue weighted by Gasteiger charge is -2.22. The summed E-state index contributed by atoms with van der Waals surface area (Å²) in [6, 6.07) is 37.5. The van der Waals surface area contributed by atoms with Crippen LogP contribution in [0.3, 0.4) is 0 Å².